The molecule has 3 atom stereocenters. The van der Waals surface area contributed by atoms with Gasteiger partial charge in [-0.25, -0.2) is 0 Å². The number of likely N-dealkylation sites (tertiary alicyclic amines) is 1. The number of ether oxygens (including phenoxy) is 1. The predicted octanol–water partition coefficient (Wildman–Crippen LogP) is 3.43. The average Bonchev–Trinajstić information content (AvgIpc) is 3.28. The Bertz CT molecular complexity index is 861. The summed E-state index contributed by atoms with van der Waals surface area (Å²) in [5.74, 6) is -0.341. The van der Waals surface area contributed by atoms with Gasteiger partial charge >= 0.3 is 12.1 Å². The number of carbonyl (C=O) groups excluding carboxylic acids is 2. The van der Waals surface area contributed by atoms with E-state index in [2.05, 4.69) is 9.88 Å². The van der Waals surface area contributed by atoms with E-state index in [9.17, 15) is 22.8 Å². The van der Waals surface area contributed by atoms with E-state index in [0.717, 1.165) is 50.9 Å². The number of fused-ring (bicyclic) bond motifs is 1. The fourth-order valence-electron chi connectivity index (χ4n) is 5.33. The molecule has 3 unspecified atom stereocenters. The lowest BCUT2D eigenvalue weighted by Gasteiger charge is -2.36. The quantitative estimate of drug-likeness (QED) is 0.654. The Morgan fingerprint density at radius 2 is 2.00 bits per heavy atom. The van der Waals surface area contributed by atoms with Gasteiger partial charge in [-0.15, -0.1) is 0 Å². The molecule has 1 amide bonds. The first-order valence-electron chi connectivity index (χ1n) is 11.5. The van der Waals surface area contributed by atoms with E-state index in [1.54, 1.807) is 4.90 Å². The molecule has 1 aromatic rings. The molecule has 32 heavy (non-hydrogen) atoms. The van der Waals surface area contributed by atoms with Gasteiger partial charge in [0.05, 0.1) is 18.1 Å². The van der Waals surface area contributed by atoms with Crippen molar-refractivity contribution in [1.29, 1.82) is 0 Å². The smallest absolute Gasteiger partial charge is 0.417 e. The van der Waals surface area contributed by atoms with Gasteiger partial charge in [-0.1, -0.05) is 0 Å². The Labute approximate surface area is 186 Å². The normalized spacial score (nSPS) is 26.6. The number of halogens is 3. The monoisotopic (exact) mass is 453 g/mol. The van der Waals surface area contributed by atoms with Crippen molar-refractivity contribution in [3.63, 3.8) is 0 Å². The highest BCUT2D eigenvalue weighted by molar-refractivity contribution is 5.79. The van der Waals surface area contributed by atoms with E-state index >= 15 is 0 Å². The number of nitrogens with zero attached hydrogens (tertiary/aromatic N) is 3. The van der Waals surface area contributed by atoms with Crippen LogP contribution in [0.1, 0.15) is 55.8 Å². The van der Waals surface area contributed by atoms with E-state index in [1.807, 2.05) is 6.92 Å². The average molecular weight is 454 g/mol. The lowest BCUT2D eigenvalue weighted by molar-refractivity contribution is -0.150. The number of amides is 1. The topological polar surface area (TPSA) is 62.7 Å². The number of hydrogen-bond acceptors (Lipinski definition) is 5. The molecule has 4 rings (SSSR count). The Morgan fingerprint density at radius 1 is 1.19 bits per heavy atom. The first-order valence-corrected chi connectivity index (χ1v) is 11.5. The molecule has 9 heteroatoms. The second kappa shape index (κ2) is 9.37. The van der Waals surface area contributed by atoms with Crippen LogP contribution in [0.15, 0.2) is 12.3 Å². The number of carbonyl (C=O) groups is 2. The molecular weight excluding hydrogens is 423 g/mol. The van der Waals surface area contributed by atoms with Gasteiger partial charge in [0.25, 0.3) is 0 Å². The maximum Gasteiger partial charge on any atom is 0.417 e. The van der Waals surface area contributed by atoms with Gasteiger partial charge in [-0.3, -0.25) is 19.5 Å². The third-order valence-corrected chi connectivity index (χ3v) is 7.02. The summed E-state index contributed by atoms with van der Waals surface area (Å²) >= 11 is 0. The Kier molecular flexibility index (Phi) is 6.74. The molecule has 0 N–H and O–H groups in total. The molecule has 1 saturated heterocycles. The van der Waals surface area contributed by atoms with Crippen LogP contribution < -0.4 is 0 Å². The summed E-state index contributed by atoms with van der Waals surface area (Å²) in [5.41, 5.74) is 0.361. The summed E-state index contributed by atoms with van der Waals surface area (Å²) in [5, 5.41) is 0. The second-order valence-electron chi connectivity index (χ2n) is 9.09. The third-order valence-electron chi connectivity index (χ3n) is 7.02. The van der Waals surface area contributed by atoms with Gasteiger partial charge in [0.2, 0.25) is 5.91 Å². The van der Waals surface area contributed by atoms with E-state index < -0.39 is 11.7 Å². The van der Waals surface area contributed by atoms with Gasteiger partial charge < -0.3 is 9.64 Å². The summed E-state index contributed by atoms with van der Waals surface area (Å²) in [7, 11) is 0. The van der Waals surface area contributed by atoms with E-state index in [1.165, 1.54) is 0 Å². The van der Waals surface area contributed by atoms with Crippen molar-refractivity contribution in [3.8, 4) is 0 Å². The predicted molar refractivity (Wildman–Crippen MR) is 110 cm³/mol. The Balaban J connectivity index is 1.36. The molecule has 2 fully saturated rings. The van der Waals surface area contributed by atoms with Crippen molar-refractivity contribution in [3.05, 3.63) is 29.1 Å². The van der Waals surface area contributed by atoms with Gasteiger partial charge in [-0.05, 0) is 57.2 Å². The summed E-state index contributed by atoms with van der Waals surface area (Å²) in [6.07, 6.45) is 1.09. The fourth-order valence-corrected chi connectivity index (χ4v) is 5.33. The van der Waals surface area contributed by atoms with Gasteiger partial charge in [-0.2, -0.15) is 13.2 Å². The van der Waals surface area contributed by atoms with Crippen LogP contribution in [0.25, 0.3) is 0 Å². The van der Waals surface area contributed by atoms with Crippen LogP contribution >= 0.6 is 0 Å². The number of alkyl halides is 3. The van der Waals surface area contributed by atoms with Crippen molar-refractivity contribution in [2.45, 2.75) is 64.2 Å². The van der Waals surface area contributed by atoms with Gasteiger partial charge in [0.15, 0.2) is 0 Å². The minimum Gasteiger partial charge on any atom is -0.466 e. The molecule has 1 saturated carbocycles. The maximum atomic E-state index is 13.2. The molecule has 1 aliphatic carbocycles. The SMILES string of the molecule is CCOC(=O)C1CCCN(C2CCC(C(=O)N3CCc4ncc(C(F)(F)F)cc4C3)C2)C1. The van der Waals surface area contributed by atoms with Crippen LogP contribution in [0.5, 0.6) is 0 Å². The van der Waals surface area contributed by atoms with Crippen molar-refractivity contribution in [2.24, 2.45) is 11.8 Å². The highest BCUT2D eigenvalue weighted by atomic mass is 19.4. The molecule has 2 aliphatic heterocycles. The second-order valence-corrected chi connectivity index (χ2v) is 9.09. The van der Waals surface area contributed by atoms with Crippen LogP contribution in [0.3, 0.4) is 0 Å². The first-order chi connectivity index (χ1) is 15.3. The molecule has 3 aliphatic rings. The van der Waals surface area contributed by atoms with Gasteiger partial charge in [0.1, 0.15) is 0 Å². The zero-order valence-electron chi connectivity index (χ0n) is 18.4. The number of aromatic nitrogens is 1. The highest BCUT2D eigenvalue weighted by Crippen LogP contribution is 2.35. The maximum absolute atomic E-state index is 13.2. The van der Waals surface area contributed by atoms with Crippen LogP contribution in [0.4, 0.5) is 13.2 Å². The fraction of sp³-hybridized carbons (Fsp3) is 0.696. The number of esters is 1. The number of rotatable bonds is 4. The Morgan fingerprint density at radius 3 is 2.75 bits per heavy atom. The van der Waals surface area contributed by atoms with Crippen molar-refractivity contribution >= 4 is 11.9 Å². The number of piperidine rings is 1. The van der Waals surface area contributed by atoms with E-state index in [4.69, 9.17) is 4.74 Å². The highest BCUT2D eigenvalue weighted by Gasteiger charge is 2.39. The number of pyridine rings is 1. The molecule has 0 bridgehead atoms. The number of hydrogen-bond donors (Lipinski definition) is 0. The van der Waals surface area contributed by atoms with E-state index in [0.29, 0.717) is 37.4 Å². The lowest BCUT2D eigenvalue weighted by Crippen LogP contribution is -2.45. The first kappa shape index (κ1) is 23.0. The van der Waals surface area contributed by atoms with Crippen LogP contribution in [-0.4, -0.2) is 58.9 Å². The molecule has 0 aromatic carbocycles. The zero-order chi connectivity index (χ0) is 22.9. The summed E-state index contributed by atoms with van der Waals surface area (Å²) in [6.45, 7) is 4.46. The third kappa shape index (κ3) is 4.92. The van der Waals surface area contributed by atoms with Crippen LogP contribution in [0, 0.1) is 11.8 Å². The van der Waals surface area contributed by atoms with Crippen LogP contribution in [0.2, 0.25) is 0 Å². The molecular formula is C23H30F3N3O3. The van der Waals surface area contributed by atoms with Crippen molar-refractivity contribution < 1.29 is 27.5 Å². The van der Waals surface area contributed by atoms with Gasteiger partial charge in [0, 0.05) is 49.9 Å². The molecule has 1 aromatic heterocycles. The summed E-state index contributed by atoms with van der Waals surface area (Å²) < 4.78 is 44.3. The van der Waals surface area contributed by atoms with Crippen molar-refractivity contribution in [1.82, 2.24) is 14.8 Å². The largest absolute Gasteiger partial charge is 0.466 e. The molecule has 176 valence electrons. The molecule has 0 spiro atoms. The standard InChI is InChI=1S/C23H30F3N3O3/c1-2-32-22(31)16-4-3-8-28(13-16)19-6-5-15(11-19)21(30)29-9-7-20-17(14-29)10-18(12-27-20)23(24,25)26/h10,12,15-16,19H,2-9,11,13-14H2,1H3. The van der Waals surface area contributed by atoms with Crippen LogP contribution in [-0.2, 0) is 33.5 Å². The minimum atomic E-state index is -4.44. The van der Waals surface area contributed by atoms with Crippen molar-refractivity contribution in [2.75, 3.05) is 26.2 Å². The molecule has 0 radical (unpaired) electrons. The Hall–Kier alpha value is -2.16. The molecule has 3 heterocycles. The summed E-state index contributed by atoms with van der Waals surface area (Å²) in [4.78, 5) is 33.3. The van der Waals surface area contributed by atoms with E-state index in [-0.39, 0.29) is 36.3 Å². The lowest BCUT2D eigenvalue weighted by atomic mass is 9.96. The summed E-state index contributed by atoms with van der Waals surface area (Å²) in [6, 6.07) is 1.39. The minimum absolute atomic E-state index is 0.0227. The zero-order valence-corrected chi connectivity index (χ0v) is 18.4. The molecule has 6 nitrogen and oxygen atoms in total.